The molecule has 0 radical (unpaired) electrons. The van der Waals surface area contributed by atoms with Crippen molar-refractivity contribution in [3.8, 4) is 0 Å². The van der Waals surface area contributed by atoms with Gasteiger partial charge in [0.25, 0.3) is 5.91 Å². The highest BCUT2D eigenvalue weighted by Gasteiger charge is 2.25. The largest absolute Gasteiger partial charge is 0.364 e. The van der Waals surface area contributed by atoms with Crippen LogP contribution in [0.1, 0.15) is 73.0 Å². The second-order valence-corrected chi connectivity index (χ2v) is 13.1. The fraction of sp³-hybridized carbons (Fsp3) is 0.486. The number of anilines is 1. The smallest absolute Gasteiger partial charge is 0.315 e. The summed E-state index contributed by atoms with van der Waals surface area (Å²) in [6, 6.07) is 20.0. The standard InChI is InChI=1S/C17H24N4O2.C15H21NO.C5H7N3O/c22-16(12-18-17(23)19-15-6-7-15)21-10-8-20(9-11-21)13-14-4-2-1-3-5-14;1-12-7-9-14(10-8-12)16-15(17)11-13-5-3-2-4-6-13;1-8-4(5(6)9)2-3-7-8/h1-5,15H,6-13H2,(H2,18,19,23);7-10,13H,2-6,11H2,1H3,(H,16,17);2-3H,1H3,(H2,6,9). The number of hydrogen-bond acceptors (Lipinski definition) is 6. The molecule has 12 heteroatoms. The zero-order valence-electron chi connectivity index (χ0n) is 28.9. The van der Waals surface area contributed by atoms with Crippen molar-refractivity contribution < 1.29 is 19.2 Å². The fourth-order valence-electron chi connectivity index (χ4n) is 5.85. The number of primary amides is 1. The summed E-state index contributed by atoms with van der Waals surface area (Å²) in [5.41, 5.74) is 8.81. The number of aromatic nitrogens is 2. The zero-order valence-corrected chi connectivity index (χ0v) is 28.9. The van der Waals surface area contributed by atoms with Crippen LogP contribution in [-0.4, -0.2) is 82.1 Å². The average Bonchev–Trinajstić information content (AvgIpc) is 3.81. The van der Waals surface area contributed by atoms with Crippen LogP contribution in [0.5, 0.6) is 0 Å². The Kier molecular flexibility index (Phi) is 14.6. The molecule has 1 saturated heterocycles. The van der Waals surface area contributed by atoms with Gasteiger partial charge in [-0.3, -0.25) is 24.0 Å². The molecule has 12 nitrogen and oxygen atoms in total. The van der Waals surface area contributed by atoms with Crippen molar-refractivity contribution in [2.45, 2.75) is 70.9 Å². The van der Waals surface area contributed by atoms with E-state index in [1.165, 1.54) is 54.1 Å². The maximum atomic E-state index is 12.1. The second kappa shape index (κ2) is 19.3. The number of nitrogens with zero attached hydrogens (tertiary/aromatic N) is 4. The molecule has 0 atom stereocenters. The SMILES string of the molecule is Cc1ccc(NC(=O)CC2CCCCC2)cc1.Cn1nccc1C(N)=O.O=C(NCC(=O)N1CCN(Cc2ccccc2)CC1)NC1CC1. The Morgan fingerprint density at radius 3 is 2.10 bits per heavy atom. The van der Waals surface area contributed by atoms with Crippen LogP contribution in [0.25, 0.3) is 0 Å². The molecule has 0 spiro atoms. The number of nitrogens with two attached hydrogens (primary N) is 1. The first-order valence-electron chi connectivity index (χ1n) is 17.4. The van der Waals surface area contributed by atoms with E-state index >= 15 is 0 Å². The lowest BCUT2D eigenvalue weighted by Gasteiger charge is -2.34. The Hall–Kier alpha value is -4.71. The monoisotopic (exact) mass is 672 g/mol. The van der Waals surface area contributed by atoms with Gasteiger partial charge in [0.1, 0.15) is 5.69 Å². The van der Waals surface area contributed by atoms with Gasteiger partial charge in [-0.1, -0.05) is 67.3 Å². The van der Waals surface area contributed by atoms with Gasteiger partial charge in [0, 0.05) is 64.1 Å². The van der Waals surface area contributed by atoms with Crippen molar-refractivity contribution in [2.24, 2.45) is 18.7 Å². The highest BCUT2D eigenvalue weighted by molar-refractivity contribution is 5.91. The van der Waals surface area contributed by atoms with Gasteiger partial charge in [-0.25, -0.2) is 4.79 Å². The lowest BCUT2D eigenvalue weighted by atomic mass is 9.87. The van der Waals surface area contributed by atoms with Gasteiger partial charge in [0.05, 0.1) is 6.54 Å². The summed E-state index contributed by atoms with van der Waals surface area (Å²) in [6.07, 6.45) is 10.7. The molecule has 6 rings (SSSR count). The van der Waals surface area contributed by atoms with Crippen LogP contribution in [0.4, 0.5) is 10.5 Å². The van der Waals surface area contributed by atoms with E-state index in [9.17, 15) is 19.2 Å². The molecule has 5 amide bonds. The van der Waals surface area contributed by atoms with Crippen molar-refractivity contribution in [3.05, 3.63) is 83.7 Å². The molecule has 1 aromatic heterocycles. The molecule has 49 heavy (non-hydrogen) atoms. The molecular weight excluding hydrogens is 620 g/mol. The number of nitrogens with one attached hydrogen (secondary N) is 3. The predicted molar refractivity (Wildman–Crippen MR) is 191 cm³/mol. The number of carbonyl (C=O) groups is 4. The van der Waals surface area contributed by atoms with Gasteiger partial charge in [0.15, 0.2) is 0 Å². The Morgan fingerprint density at radius 2 is 1.53 bits per heavy atom. The molecule has 264 valence electrons. The van der Waals surface area contributed by atoms with Crippen LogP contribution in [0, 0.1) is 12.8 Å². The summed E-state index contributed by atoms with van der Waals surface area (Å²) in [7, 11) is 1.67. The number of urea groups is 1. The van der Waals surface area contributed by atoms with Crippen LogP contribution >= 0.6 is 0 Å². The van der Waals surface area contributed by atoms with Crippen LogP contribution in [0.2, 0.25) is 0 Å². The molecule has 2 saturated carbocycles. The van der Waals surface area contributed by atoms with Crippen molar-refractivity contribution >= 4 is 29.4 Å². The first kappa shape index (κ1) is 37.1. The summed E-state index contributed by atoms with van der Waals surface area (Å²) >= 11 is 0. The quantitative estimate of drug-likeness (QED) is 0.267. The summed E-state index contributed by atoms with van der Waals surface area (Å²) in [5.74, 6) is 0.320. The lowest BCUT2D eigenvalue weighted by Crippen LogP contribution is -2.51. The first-order valence-corrected chi connectivity index (χ1v) is 17.4. The highest BCUT2D eigenvalue weighted by atomic mass is 16.2. The van der Waals surface area contributed by atoms with E-state index in [1.54, 1.807) is 13.1 Å². The van der Waals surface area contributed by atoms with Gasteiger partial charge in [-0.2, -0.15) is 5.10 Å². The number of piperazine rings is 1. The zero-order chi connectivity index (χ0) is 35.0. The van der Waals surface area contributed by atoms with Crippen LogP contribution in [0.3, 0.4) is 0 Å². The molecule has 2 aromatic carbocycles. The third-order valence-electron chi connectivity index (χ3n) is 8.89. The van der Waals surface area contributed by atoms with E-state index in [0.717, 1.165) is 51.3 Å². The molecule has 0 bridgehead atoms. The number of benzene rings is 2. The van der Waals surface area contributed by atoms with E-state index in [-0.39, 0.29) is 24.4 Å². The minimum absolute atomic E-state index is 0.00434. The van der Waals surface area contributed by atoms with Crippen molar-refractivity contribution in [1.82, 2.24) is 30.2 Å². The van der Waals surface area contributed by atoms with Crippen molar-refractivity contribution in [2.75, 3.05) is 38.0 Å². The first-order chi connectivity index (χ1) is 23.7. The molecule has 2 heterocycles. The van der Waals surface area contributed by atoms with E-state index in [1.807, 2.05) is 54.3 Å². The molecule has 3 aromatic rings. The Balaban J connectivity index is 0.000000182. The van der Waals surface area contributed by atoms with Crippen LogP contribution in [-0.2, 0) is 23.2 Å². The third-order valence-corrected chi connectivity index (χ3v) is 8.89. The van der Waals surface area contributed by atoms with Crippen LogP contribution in [0.15, 0.2) is 66.9 Å². The summed E-state index contributed by atoms with van der Waals surface area (Å²) in [4.78, 5) is 50.2. The van der Waals surface area contributed by atoms with Gasteiger partial charge in [-0.05, 0) is 62.3 Å². The van der Waals surface area contributed by atoms with E-state index in [2.05, 4.69) is 38.1 Å². The predicted octanol–water partition coefficient (Wildman–Crippen LogP) is 4.22. The summed E-state index contributed by atoms with van der Waals surface area (Å²) in [5, 5.41) is 12.2. The summed E-state index contributed by atoms with van der Waals surface area (Å²) in [6.45, 7) is 6.23. The van der Waals surface area contributed by atoms with Crippen molar-refractivity contribution in [3.63, 3.8) is 0 Å². The molecular formula is C37H52N8O4. The van der Waals surface area contributed by atoms with Gasteiger partial charge < -0.3 is 26.6 Å². The fourth-order valence-corrected chi connectivity index (χ4v) is 5.85. The lowest BCUT2D eigenvalue weighted by molar-refractivity contribution is -0.131. The number of carbonyl (C=O) groups excluding carboxylic acids is 4. The summed E-state index contributed by atoms with van der Waals surface area (Å²) < 4.78 is 1.43. The van der Waals surface area contributed by atoms with E-state index in [4.69, 9.17) is 5.73 Å². The molecule has 3 aliphatic rings. The molecule has 1 aliphatic heterocycles. The van der Waals surface area contributed by atoms with E-state index in [0.29, 0.717) is 24.1 Å². The normalized spacial score (nSPS) is 16.2. The third kappa shape index (κ3) is 13.7. The number of hydrogen-bond donors (Lipinski definition) is 4. The number of aryl methyl sites for hydroxylation is 2. The maximum absolute atomic E-state index is 12.1. The Morgan fingerprint density at radius 1 is 0.857 bits per heavy atom. The number of amides is 5. The Labute approximate surface area is 289 Å². The average molecular weight is 673 g/mol. The molecule has 5 N–H and O–H groups in total. The van der Waals surface area contributed by atoms with Crippen molar-refractivity contribution in [1.29, 1.82) is 0 Å². The second-order valence-electron chi connectivity index (χ2n) is 13.1. The minimum Gasteiger partial charge on any atom is -0.364 e. The molecule has 0 unspecified atom stereocenters. The highest BCUT2D eigenvalue weighted by Crippen LogP contribution is 2.26. The van der Waals surface area contributed by atoms with Gasteiger partial charge in [0.2, 0.25) is 11.8 Å². The molecule has 3 fully saturated rings. The Bertz CT molecular complexity index is 1480. The maximum Gasteiger partial charge on any atom is 0.315 e. The van der Waals surface area contributed by atoms with Crippen LogP contribution < -0.4 is 21.7 Å². The minimum atomic E-state index is -0.449. The van der Waals surface area contributed by atoms with E-state index < -0.39 is 5.91 Å². The molecule has 2 aliphatic carbocycles. The van der Waals surface area contributed by atoms with Gasteiger partial charge >= 0.3 is 6.03 Å². The topological polar surface area (TPSA) is 155 Å². The number of rotatable bonds is 9. The van der Waals surface area contributed by atoms with Gasteiger partial charge in [-0.15, -0.1) is 0 Å².